The predicted molar refractivity (Wildman–Crippen MR) is 61.8 cm³/mol. The molecular formula is C11H20N2O4. The summed E-state index contributed by atoms with van der Waals surface area (Å²) in [5.41, 5.74) is -0.518. The lowest BCUT2D eigenvalue weighted by Gasteiger charge is -2.29. The zero-order valence-electron chi connectivity index (χ0n) is 10.4. The van der Waals surface area contributed by atoms with Gasteiger partial charge in [0.25, 0.3) is 0 Å². The summed E-state index contributed by atoms with van der Waals surface area (Å²) in [7, 11) is 0. The number of hydrogen-bond acceptors (Lipinski definition) is 4. The van der Waals surface area contributed by atoms with Gasteiger partial charge in [0, 0.05) is 12.6 Å². The van der Waals surface area contributed by atoms with Crippen molar-refractivity contribution in [2.45, 2.75) is 51.3 Å². The van der Waals surface area contributed by atoms with Gasteiger partial charge in [-0.3, -0.25) is 4.79 Å². The predicted octanol–water partition coefficient (Wildman–Crippen LogP) is 0.716. The third-order valence-corrected chi connectivity index (χ3v) is 2.43. The van der Waals surface area contributed by atoms with Gasteiger partial charge in [0.05, 0.1) is 0 Å². The van der Waals surface area contributed by atoms with Crippen molar-refractivity contribution in [1.29, 1.82) is 0 Å². The van der Waals surface area contributed by atoms with E-state index < -0.39 is 23.7 Å². The van der Waals surface area contributed by atoms with Gasteiger partial charge in [-0.2, -0.15) is 0 Å². The number of alkyl carbamates (subject to hydrolysis) is 1. The van der Waals surface area contributed by atoms with E-state index in [9.17, 15) is 9.59 Å². The first-order chi connectivity index (χ1) is 7.78. The lowest BCUT2D eigenvalue weighted by molar-refractivity contribution is -0.140. The van der Waals surface area contributed by atoms with E-state index in [4.69, 9.17) is 9.84 Å². The van der Waals surface area contributed by atoms with Crippen molar-refractivity contribution >= 4 is 12.1 Å². The molecule has 0 aromatic rings. The van der Waals surface area contributed by atoms with E-state index in [1.54, 1.807) is 20.8 Å². The summed E-state index contributed by atoms with van der Waals surface area (Å²) >= 11 is 0. The summed E-state index contributed by atoms with van der Waals surface area (Å²) in [5, 5.41) is 14.4. The second-order valence-corrected chi connectivity index (χ2v) is 5.22. The van der Waals surface area contributed by atoms with E-state index in [2.05, 4.69) is 10.6 Å². The maximum absolute atomic E-state index is 11.5. The van der Waals surface area contributed by atoms with Crippen LogP contribution in [0.1, 0.15) is 33.6 Å². The molecule has 1 fully saturated rings. The number of carbonyl (C=O) groups is 2. The smallest absolute Gasteiger partial charge is 0.407 e. The molecule has 0 aromatic carbocycles. The van der Waals surface area contributed by atoms with Crippen molar-refractivity contribution in [2.75, 3.05) is 6.54 Å². The highest BCUT2D eigenvalue weighted by atomic mass is 16.6. The minimum Gasteiger partial charge on any atom is -0.480 e. The van der Waals surface area contributed by atoms with E-state index in [1.807, 2.05) is 0 Å². The molecule has 0 bridgehead atoms. The molecule has 1 aliphatic heterocycles. The molecule has 0 spiro atoms. The normalized spacial score (nSPS) is 25.1. The molecule has 1 heterocycles. The number of rotatable bonds is 2. The summed E-state index contributed by atoms with van der Waals surface area (Å²) in [6.07, 6.45) is 0.692. The number of nitrogens with one attached hydrogen (secondary N) is 2. The number of aliphatic carboxylic acids is 1. The fourth-order valence-corrected chi connectivity index (χ4v) is 1.66. The number of hydrogen-bond donors (Lipinski definition) is 3. The zero-order chi connectivity index (χ0) is 13.1. The Morgan fingerprint density at radius 3 is 2.41 bits per heavy atom. The van der Waals surface area contributed by atoms with Gasteiger partial charge in [-0.1, -0.05) is 0 Å². The Hall–Kier alpha value is -1.30. The minimum atomic E-state index is -0.847. The number of ether oxygens (including phenoxy) is 1. The van der Waals surface area contributed by atoms with Crippen LogP contribution < -0.4 is 10.6 Å². The summed E-state index contributed by atoms with van der Waals surface area (Å²) in [6.45, 7) is 5.85. The average Bonchev–Trinajstić information content (AvgIpc) is 2.15. The van der Waals surface area contributed by atoms with Crippen molar-refractivity contribution in [2.24, 2.45) is 0 Å². The van der Waals surface area contributed by atoms with Gasteiger partial charge in [-0.05, 0) is 33.6 Å². The van der Waals surface area contributed by atoms with Crippen molar-refractivity contribution in [3.8, 4) is 0 Å². The Labute approximate surface area is 101 Å². The SMILES string of the molecule is CC(C)(C)OC(=O)N[C@@H]1CC[C@H](C(=O)O)NC1. The Bertz CT molecular complexity index is 290. The second-order valence-electron chi connectivity index (χ2n) is 5.22. The summed E-state index contributed by atoms with van der Waals surface area (Å²) < 4.78 is 5.12. The molecule has 3 N–H and O–H groups in total. The third kappa shape index (κ3) is 5.04. The molecule has 0 aromatic heterocycles. The molecule has 17 heavy (non-hydrogen) atoms. The number of carbonyl (C=O) groups excluding carboxylic acids is 1. The van der Waals surface area contributed by atoms with E-state index in [0.717, 1.165) is 0 Å². The van der Waals surface area contributed by atoms with Gasteiger partial charge in [-0.15, -0.1) is 0 Å². The van der Waals surface area contributed by atoms with E-state index in [-0.39, 0.29) is 6.04 Å². The average molecular weight is 244 g/mol. The first-order valence-corrected chi connectivity index (χ1v) is 5.73. The van der Waals surface area contributed by atoms with Gasteiger partial charge in [0.2, 0.25) is 0 Å². The molecule has 1 saturated heterocycles. The van der Waals surface area contributed by atoms with E-state index in [0.29, 0.717) is 19.4 Å². The van der Waals surface area contributed by atoms with E-state index >= 15 is 0 Å². The van der Waals surface area contributed by atoms with Crippen LogP contribution in [-0.2, 0) is 9.53 Å². The van der Waals surface area contributed by atoms with Crippen molar-refractivity contribution < 1.29 is 19.4 Å². The van der Waals surface area contributed by atoms with Crippen LogP contribution in [0.4, 0.5) is 4.79 Å². The lowest BCUT2D eigenvalue weighted by Crippen LogP contribution is -2.52. The van der Waals surface area contributed by atoms with Crippen LogP contribution in [0.3, 0.4) is 0 Å². The molecule has 98 valence electrons. The Kier molecular flexibility index (Phi) is 4.34. The maximum atomic E-state index is 11.5. The minimum absolute atomic E-state index is 0.0690. The van der Waals surface area contributed by atoms with Crippen LogP contribution in [0.2, 0.25) is 0 Å². The summed E-state index contributed by atoms with van der Waals surface area (Å²) in [4.78, 5) is 22.2. The van der Waals surface area contributed by atoms with Gasteiger partial charge in [0.15, 0.2) is 0 Å². The first-order valence-electron chi connectivity index (χ1n) is 5.73. The summed E-state index contributed by atoms with van der Waals surface area (Å²) in [5.74, 6) is -0.847. The molecule has 0 unspecified atom stereocenters. The van der Waals surface area contributed by atoms with Gasteiger partial charge in [0.1, 0.15) is 11.6 Å². The van der Waals surface area contributed by atoms with E-state index in [1.165, 1.54) is 0 Å². The second kappa shape index (κ2) is 5.35. The van der Waals surface area contributed by atoms with Crippen LogP contribution >= 0.6 is 0 Å². The fourth-order valence-electron chi connectivity index (χ4n) is 1.66. The van der Waals surface area contributed by atoms with Gasteiger partial charge in [-0.25, -0.2) is 4.79 Å². The lowest BCUT2D eigenvalue weighted by atomic mass is 10.0. The topological polar surface area (TPSA) is 87.7 Å². The number of carboxylic acids is 1. The quantitative estimate of drug-likeness (QED) is 0.666. The first kappa shape index (κ1) is 13.8. The Balaban J connectivity index is 2.31. The largest absolute Gasteiger partial charge is 0.480 e. The molecule has 1 rings (SSSR count). The molecule has 0 saturated carbocycles. The molecule has 6 heteroatoms. The van der Waals surface area contributed by atoms with Crippen molar-refractivity contribution in [3.63, 3.8) is 0 Å². The van der Waals surface area contributed by atoms with Crippen LogP contribution in [0.15, 0.2) is 0 Å². The number of piperidine rings is 1. The van der Waals surface area contributed by atoms with Crippen LogP contribution in [0, 0.1) is 0 Å². The Morgan fingerprint density at radius 2 is 2.00 bits per heavy atom. The highest BCUT2D eigenvalue weighted by molar-refractivity contribution is 5.73. The highest BCUT2D eigenvalue weighted by Gasteiger charge is 2.27. The molecule has 2 atom stereocenters. The van der Waals surface area contributed by atoms with Crippen molar-refractivity contribution in [1.82, 2.24) is 10.6 Å². The van der Waals surface area contributed by atoms with Crippen LogP contribution in [0.5, 0.6) is 0 Å². The third-order valence-electron chi connectivity index (χ3n) is 2.43. The highest BCUT2D eigenvalue weighted by Crippen LogP contribution is 2.10. The molecule has 0 aliphatic carbocycles. The number of carboxylic acid groups (broad SMARTS) is 1. The van der Waals surface area contributed by atoms with Gasteiger partial charge >= 0.3 is 12.1 Å². The fraction of sp³-hybridized carbons (Fsp3) is 0.818. The zero-order valence-corrected chi connectivity index (χ0v) is 10.4. The Morgan fingerprint density at radius 1 is 1.35 bits per heavy atom. The molecule has 0 radical (unpaired) electrons. The standard InChI is InChI=1S/C11H20N2O4/c1-11(2,3)17-10(16)13-7-4-5-8(9(14)15)12-6-7/h7-8,12H,4-6H2,1-3H3,(H,13,16)(H,14,15)/t7-,8-/m1/s1. The molecule has 1 amide bonds. The molecule has 1 aliphatic rings. The van der Waals surface area contributed by atoms with Crippen molar-refractivity contribution in [3.05, 3.63) is 0 Å². The molecule has 6 nitrogen and oxygen atoms in total. The summed E-state index contributed by atoms with van der Waals surface area (Å²) in [6, 6.07) is -0.577. The van der Waals surface area contributed by atoms with Gasteiger partial charge < -0.3 is 20.5 Å². The maximum Gasteiger partial charge on any atom is 0.407 e. The van der Waals surface area contributed by atoms with Crippen LogP contribution in [0.25, 0.3) is 0 Å². The number of amides is 1. The molecular weight excluding hydrogens is 224 g/mol. The monoisotopic (exact) mass is 244 g/mol. The van der Waals surface area contributed by atoms with Crippen LogP contribution in [-0.4, -0.2) is 41.4 Å².